The minimum atomic E-state index is -0.421. The van der Waals surface area contributed by atoms with E-state index in [1.54, 1.807) is 23.9 Å². The maximum absolute atomic E-state index is 11.3. The van der Waals surface area contributed by atoms with Gasteiger partial charge in [-0.1, -0.05) is 35.9 Å². The second-order valence-electron chi connectivity index (χ2n) is 10.1. The number of nitrogens with zero attached hydrogens (tertiary/aromatic N) is 6. The predicted octanol–water partition coefficient (Wildman–Crippen LogP) is 7.55. The number of nitrogens with one attached hydrogen (secondary N) is 1. The molecular formula is C32H24ClN7O3. The molecule has 10 nitrogen and oxygen atoms in total. The van der Waals surface area contributed by atoms with Gasteiger partial charge in [-0.2, -0.15) is 5.10 Å². The summed E-state index contributed by atoms with van der Waals surface area (Å²) >= 11 is 6.31. The van der Waals surface area contributed by atoms with Gasteiger partial charge < -0.3 is 15.0 Å². The normalized spacial score (nSPS) is 15.0. The number of rotatable bonds is 5. The fourth-order valence-corrected chi connectivity index (χ4v) is 5.59. The standard InChI is InChI=1S/C32H24ClN7O3/c1-19-28-29(20-7-9-21(33)10-8-20)38-27-6-4-3-5-26(27)35-30(34-22-11-17-25(43-2)18-12-22)32(38)36-31(28)39(37-19)23-13-15-24(16-14-23)40(41)42/h3-18,29H,1-2H3,(H,34,35)/t29-/m1/s1. The fourth-order valence-electron chi connectivity index (χ4n) is 5.46. The molecular weight excluding hydrogens is 566 g/mol. The Morgan fingerprint density at radius 3 is 2.35 bits per heavy atom. The number of aryl methyl sites for hydroxylation is 1. The number of fused-ring (bicyclic) bond motifs is 4. The SMILES string of the molecule is COc1ccc(NC2=Nc3ccccc3N3C2=Nc2c(c(C)nn2-c2ccc([N+](=O)[O-])cc2)[C@H]3c2ccc(Cl)cc2)cc1. The fraction of sp³-hybridized carbons (Fsp3) is 0.0938. The molecule has 2 aliphatic rings. The highest BCUT2D eigenvalue weighted by Gasteiger charge is 2.41. The molecule has 43 heavy (non-hydrogen) atoms. The van der Waals surface area contributed by atoms with Crippen molar-refractivity contribution in [1.82, 2.24) is 9.78 Å². The van der Waals surface area contributed by atoms with Gasteiger partial charge in [0.25, 0.3) is 5.69 Å². The first-order valence-corrected chi connectivity index (χ1v) is 13.9. The monoisotopic (exact) mass is 589 g/mol. The van der Waals surface area contributed by atoms with E-state index in [2.05, 4.69) is 10.2 Å². The molecule has 0 amide bonds. The molecule has 212 valence electrons. The number of para-hydroxylation sites is 2. The second kappa shape index (κ2) is 10.4. The summed E-state index contributed by atoms with van der Waals surface area (Å²) in [7, 11) is 1.63. The van der Waals surface area contributed by atoms with Gasteiger partial charge in [-0.15, -0.1) is 0 Å². The summed E-state index contributed by atoms with van der Waals surface area (Å²) < 4.78 is 7.06. The molecule has 7 rings (SSSR count). The van der Waals surface area contributed by atoms with Gasteiger partial charge in [0.15, 0.2) is 17.5 Å². The summed E-state index contributed by atoms with van der Waals surface area (Å²) in [6.07, 6.45) is 0. The molecule has 5 aromatic rings. The molecule has 1 aromatic heterocycles. The van der Waals surface area contributed by atoms with Crippen molar-refractivity contribution in [3.8, 4) is 11.4 Å². The first kappa shape index (κ1) is 26.4. The molecule has 0 bridgehead atoms. The number of aliphatic imine (C=N–C) groups is 2. The van der Waals surface area contributed by atoms with Gasteiger partial charge in [0, 0.05) is 28.4 Å². The molecule has 2 aliphatic heterocycles. The van der Waals surface area contributed by atoms with Crippen molar-refractivity contribution < 1.29 is 9.66 Å². The van der Waals surface area contributed by atoms with Gasteiger partial charge in [0.05, 0.1) is 40.8 Å². The number of methoxy groups -OCH3 is 1. The Balaban J connectivity index is 1.45. The smallest absolute Gasteiger partial charge is 0.269 e. The van der Waals surface area contributed by atoms with Crippen LogP contribution in [0.25, 0.3) is 5.69 Å². The Labute approximate surface area is 251 Å². The highest BCUT2D eigenvalue weighted by molar-refractivity contribution is 6.51. The molecule has 11 heteroatoms. The Morgan fingerprint density at radius 2 is 1.65 bits per heavy atom. The van der Waals surface area contributed by atoms with Gasteiger partial charge in [0.2, 0.25) is 0 Å². The van der Waals surface area contributed by atoms with Crippen LogP contribution in [-0.2, 0) is 0 Å². The van der Waals surface area contributed by atoms with Gasteiger partial charge in [-0.05, 0) is 73.2 Å². The summed E-state index contributed by atoms with van der Waals surface area (Å²) in [5.74, 6) is 2.52. The van der Waals surface area contributed by atoms with E-state index in [1.807, 2.05) is 79.7 Å². The van der Waals surface area contributed by atoms with E-state index in [0.717, 1.165) is 39.6 Å². The van der Waals surface area contributed by atoms with Crippen molar-refractivity contribution in [3.63, 3.8) is 0 Å². The first-order chi connectivity index (χ1) is 20.9. The lowest BCUT2D eigenvalue weighted by Crippen LogP contribution is -2.46. The molecule has 4 aromatic carbocycles. The van der Waals surface area contributed by atoms with E-state index < -0.39 is 4.92 Å². The van der Waals surface area contributed by atoms with Gasteiger partial charge in [-0.3, -0.25) is 10.1 Å². The first-order valence-electron chi connectivity index (χ1n) is 13.5. The summed E-state index contributed by atoms with van der Waals surface area (Å²) in [6, 6.07) is 29.3. The number of amidine groups is 2. The lowest BCUT2D eigenvalue weighted by molar-refractivity contribution is -0.384. The molecule has 0 fully saturated rings. The van der Waals surface area contributed by atoms with E-state index in [4.69, 9.17) is 31.4 Å². The van der Waals surface area contributed by atoms with Crippen molar-refractivity contribution in [2.45, 2.75) is 13.0 Å². The highest BCUT2D eigenvalue weighted by atomic mass is 35.5. The van der Waals surface area contributed by atoms with E-state index in [1.165, 1.54) is 12.1 Å². The molecule has 0 unspecified atom stereocenters. The molecule has 0 radical (unpaired) electrons. The maximum Gasteiger partial charge on any atom is 0.269 e. The van der Waals surface area contributed by atoms with Gasteiger partial charge in [-0.25, -0.2) is 14.7 Å². The summed E-state index contributed by atoms with van der Waals surface area (Å²) in [4.78, 5) is 23.3. The third kappa shape index (κ3) is 4.58. The average Bonchev–Trinajstić information content (AvgIpc) is 3.36. The average molecular weight is 590 g/mol. The number of hydrogen-bond acceptors (Lipinski definition) is 8. The van der Waals surface area contributed by atoms with Crippen LogP contribution in [0.3, 0.4) is 0 Å². The van der Waals surface area contributed by atoms with Crippen LogP contribution >= 0.6 is 11.6 Å². The molecule has 3 heterocycles. The summed E-state index contributed by atoms with van der Waals surface area (Å²) in [5.41, 5.74) is 5.83. The highest BCUT2D eigenvalue weighted by Crippen LogP contribution is 2.48. The summed E-state index contributed by atoms with van der Waals surface area (Å²) in [5, 5.41) is 20.3. The molecule has 0 saturated heterocycles. The van der Waals surface area contributed by atoms with E-state index >= 15 is 0 Å². The van der Waals surface area contributed by atoms with Gasteiger partial charge >= 0.3 is 0 Å². The number of non-ortho nitro benzene ring substituents is 1. The van der Waals surface area contributed by atoms with Crippen LogP contribution in [0.4, 0.5) is 28.6 Å². The number of anilines is 2. The number of ether oxygens (including phenoxy) is 1. The minimum absolute atomic E-state index is 0.0000223. The summed E-state index contributed by atoms with van der Waals surface area (Å²) in [6.45, 7) is 1.95. The van der Waals surface area contributed by atoms with E-state index in [-0.39, 0.29) is 11.7 Å². The number of hydrogen-bond donors (Lipinski definition) is 1. The van der Waals surface area contributed by atoms with Gasteiger partial charge in [0.1, 0.15) is 5.75 Å². The van der Waals surface area contributed by atoms with Crippen LogP contribution in [0.5, 0.6) is 5.75 Å². The third-order valence-corrected chi connectivity index (χ3v) is 7.73. The molecule has 1 N–H and O–H groups in total. The molecule has 0 spiro atoms. The van der Waals surface area contributed by atoms with Crippen LogP contribution in [-0.4, -0.2) is 33.5 Å². The van der Waals surface area contributed by atoms with E-state index in [9.17, 15) is 10.1 Å². The lowest BCUT2D eigenvalue weighted by Gasteiger charge is -2.40. The van der Waals surface area contributed by atoms with Crippen LogP contribution < -0.4 is 15.0 Å². The Kier molecular flexibility index (Phi) is 6.40. The number of aromatic nitrogens is 2. The quantitative estimate of drug-likeness (QED) is 0.167. The van der Waals surface area contributed by atoms with Crippen LogP contribution in [0.15, 0.2) is 107 Å². The Morgan fingerprint density at radius 1 is 0.930 bits per heavy atom. The number of halogens is 1. The molecule has 1 atom stereocenters. The predicted molar refractivity (Wildman–Crippen MR) is 168 cm³/mol. The molecule has 0 saturated carbocycles. The molecule has 0 aliphatic carbocycles. The largest absolute Gasteiger partial charge is 0.497 e. The number of nitro benzene ring substituents is 1. The number of benzene rings is 4. The zero-order valence-electron chi connectivity index (χ0n) is 23.1. The van der Waals surface area contributed by atoms with Crippen molar-refractivity contribution in [1.29, 1.82) is 0 Å². The van der Waals surface area contributed by atoms with Crippen molar-refractivity contribution in [2.75, 3.05) is 17.3 Å². The third-order valence-electron chi connectivity index (χ3n) is 7.48. The van der Waals surface area contributed by atoms with E-state index in [0.29, 0.717) is 28.2 Å². The minimum Gasteiger partial charge on any atom is -0.497 e. The van der Waals surface area contributed by atoms with Crippen LogP contribution in [0, 0.1) is 17.0 Å². The zero-order chi connectivity index (χ0) is 29.7. The van der Waals surface area contributed by atoms with Crippen LogP contribution in [0.1, 0.15) is 22.9 Å². The lowest BCUT2D eigenvalue weighted by atomic mass is 9.93. The van der Waals surface area contributed by atoms with Crippen molar-refractivity contribution in [2.24, 2.45) is 9.98 Å². The maximum atomic E-state index is 11.3. The van der Waals surface area contributed by atoms with Crippen LogP contribution in [0.2, 0.25) is 5.02 Å². The zero-order valence-corrected chi connectivity index (χ0v) is 23.9. The second-order valence-corrected chi connectivity index (χ2v) is 10.5. The Hall–Kier alpha value is -5.48. The number of nitro groups is 1. The topological polar surface area (TPSA) is 110 Å². The van der Waals surface area contributed by atoms with Crippen molar-refractivity contribution >= 4 is 51.8 Å². The van der Waals surface area contributed by atoms with Crippen molar-refractivity contribution in [3.05, 3.63) is 129 Å². The Bertz CT molecular complexity index is 1930.